The Kier molecular flexibility index (Phi) is 2.61. The molecule has 0 amide bonds. The molecule has 2 heterocycles. The second-order valence-electron chi connectivity index (χ2n) is 4.98. The summed E-state index contributed by atoms with van der Waals surface area (Å²) in [5, 5.41) is 0. The molecule has 2 saturated heterocycles. The lowest BCUT2D eigenvalue weighted by Crippen LogP contribution is -2.52. The van der Waals surface area contributed by atoms with Crippen LogP contribution in [-0.2, 0) is 4.74 Å². The third kappa shape index (κ3) is 2.05. The van der Waals surface area contributed by atoms with E-state index in [1.807, 2.05) is 0 Å². The zero-order chi connectivity index (χ0) is 9.31. The average Bonchev–Trinajstić information content (AvgIpc) is 2.02. The van der Waals surface area contributed by atoms with Crippen molar-refractivity contribution < 1.29 is 4.74 Å². The molecule has 0 aromatic rings. The van der Waals surface area contributed by atoms with E-state index in [1.54, 1.807) is 0 Å². The van der Waals surface area contributed by atoms with Gasteiger partial charge in [0.25, 0.3) is 0 Å². The molecule has 76 valence electrons. The van der Waals surface area contributed by atoms with Crippen molar-refractivity contribution in [1.82, 2.24) is 4.90 Å². The maximum Gasteiger partial charge on any atom is 0.0728 e. The first-order valence-corrected chi connectivity index (χ1v) is 5.57. The van der Waals surface area contributed by atoms with Crippen LogP contribution in [0.4, 0.5) is 0 Å². The summed E-state index contributed by atoms with van der Waals surface area (Å²) in [6.45, 7) is 9.35. The quantitative estimate of drug-likeness (QED) is 0.648. The van der Waals surface area contributed by atoms with E-state index >= 15 is 0 Å². The Morgan fingerprint density at radius 1 is 1.23 bits per heavy atom. The number of nitrogens with zero attached hydrogens (tertiary/aromatic N) is 1. The molecule has 0 aromatic carbocycles. The summed E-state index contributed by atoms with van der Waals surface area (Å²) >= 11 is 0. The fraction of sp³-hybridized carbons (Fsp3) is 1.00. The van der Waals surface area contributed by atoms with Gasteiger partial charge >= 0.3 is 0 Å². The van der Waals surface area contributed by atoms with Crippen LogP contribution in [0, 0.1) is 5.92 Å². The Labute approximate surface area is 81.3 Å². The molecule has 0 aromatic heterocycles. The lowest BCUT2D eigenvalue weighted by molar-refractivity contribution is -0.173. The Morgan fingerprint density at radius 3 is 2.23 bits per heavy atom. The van der Waals surface area contributed by atoms with Gasteiger partial charge in [-0.15, -0.1) is 0 Å². The predicted molar refractivity (Wildman–Crippen MR) is 53.8 cm³/mol. The molecule has 2 fully saturated rings. The second-order valence-corrected chi connectivity index (χ2v) is 4.98. The second kappa shape index (κ2) is 3.58. The van der Waals surface area contributed by atoms with E-state index in [0.29, 0.717) is 5.60 Å². The first-order chi connectivity index (χ1) is 6.20. The molecule has 0 radical (unpaired) electrons. The van der Waals surface area contributed by atoms with E-state index in [4.69, 9.17) is 4.74 Å². The van der Waals surface area contributed by atoms with Crippen LogP contribution in [0.15, 0.2) is 0 Å². The zero-order valence-corrected chi connectivity index (χ0v) is 8.88. The van der Waals surface area contributed by atoms with Crippen LogP contribution in [-0.4, -0.2) is 36.7 Å². The predicted octanol–water partition coefficient (Wildman–Crippen LogP) is 1.90. The van der Waals surface area contributed by atoms with Gasteiger partial charge in [-0.1, -0.05) is 13.8 Å². The molecule has 1 spiro atoms. The number of likely N-dealkylation sites (tertiary alicyclic amines) is 1. The van der Waals surface area contributed by atoms with Gasteiger partial charge in [0.1, 0.15) is 0 Å². The van der Waals surface area contributed by atoms with Crippen molar-refractivity contribution in [3.63, 3.8) is 0 Å². The summed E-state index contributed by atoms with van der Waals surface area (Å²) in [7, 11) is 0. The molecule has 0 aliphatic carbocycles. The SMILES string of the molecule is CC(C)CN1CCC2(CCO2)CC1. The van der Waals surface area contributed by atoms with Gasteiger partial charge < -0.3 is 9.64 Å². The highest BCUT2D eigenvalue weighted by Gasteiger charge is 2.40. The average molecular weight is 183 g/mol. The maximum absolute atomic E-state index is 5.69. The van der Waals surface area contributed by atoms with E-state index in [-0.39, 0.29) is 0 Å². The fourth-order valence-corrected chi connectivity index (χ4v) is 2.44. The van der Waals surface area contributed by atoms with Gasteiger partial charge in [-0.05, 0) is 25.2 Å². The Morgan fingerprint density at radius 2 is 1.85 bits per heavy atom. The summed E-state index contributed by atoms with van der Waals surface area (Å²) < 4.78 is 5.69. The van der Waals surface area contributed by atoms with Gasteiger partial charge in [-0.3, -0.25) is 0 Å². The summed E-state index contributed by atoms with van der Waals surface area (Å²) in [4.78, 5) is 2.58. The maximum atomic E-state index is 5.69. The highest BCUT2D eigenvalue weighted by atomic mass is 16.5. The highest BCUT2D eigenvalue weighted by molar-refractivity contribution is 4.92. The van der Waals surface area contributed by atoms with Gasteiger partial charge in [-0.25, -0.2) is 0 Å². The van der Waals surface area contributed by atoms with E-state index in [1.165, 1.54) is 38.9 Å². The molecule has 2 nitrogen and oxygen atoms in total. The van der Waals surface area contributed by atoms with Crippen LogP contribution < -0.4 is 0 Å². The van der Waals surface area contributed by atoms with Gasteiger partial charge in [0.15, 0.2) is 0 Å². The minimum atomic E-state index is 0.327. The smallest absolute Gasteiger partial charge is 0.0728 e. The van der Waals surface area contributed by atoms with Gasteiger partial charge in [0.2, 0.25) is 0 Å². The molecule has 2 aliphatic heterocycles. The standard InChI is InChI=1S/C11H21NO/c1-10(2)9-12-6-3-11(4-7-12)5-8-13-11/h10H,3-9H2,1-2H3. The van der Waals surface area contributed by atoms with Crippen molar-refractivity contribution in [1.29, 1.82) is 0 Å². The van der Waals surface area contributed by atoms with Gasteiger partial charge in [-0.2, -0.15) is 0 Å². The highest BCUT2D eigenvalue weighted by Crippen LogP contribution is 2.36. The largest absolute Gasteiger partial charge is 0.375 e. The molecule has 0 saturated carbocycles. The van der Waals surface area contributed by atoms with Crippen molar-refractivity contribution in [2.45, 2.75) is 38.7 Å². The molecule has 0 unspecified atom stereocenters. The number of piperidine rings is 1. The van der Waals surface area contributed by atoms with E-state index in [9.17, 15) is 0 Å². The summed E-state index contributed by atoms with van der Waals surface area (Å²) in [5.41, 5.74) is 0.327. The molecule has 0 atom stereocenters. The van der Waals surface area contributed by atoms with Crippen molar-refractivity contribution in [3.05, 3.63) is 0 Å². The summed E-state index contributed by atoms with van der Waals surface area (Å²) in [6.07, 6.45) is 3.84. The van der Waals surface area contributed by atoms with E-state index in [2.05, 4.69) is 18.7 Å². The van der Waals surface area contributed by atoms with Crippen LogP contribution in [0.5, 0.6) is 0 Å². The minimum Gasteiger partial charge on any atom is -0.375 e. The van der Waals surface area contributed by atoms with Crippen LogP contribution in [0.1, 0.15) is 33.1 Å². The van der Waals surface area contributed by atoms with Crippen molar-refractivity contribution in [2.24, 2.45) is 5.92 Å². The lowest BCUT2D eigenvalue weighted by Gasteiger charge is -2.47. The zero-order valence-electron chi connectivity index (χ0n) is 8.88. The monoisotopic (exact) mass is 183 g/mol. The fourth-order valence-electron chi connectivity index (χ4n) is 2.44. The molecule has 2 heteroatoms. The minimum absolute atomic E-state index is 0.327. The van der Waals surface area contributed by atoms with Crippen molar-refractivity contribution in [3.8, 4) is 0 Å². The Bertz CT molecular complexity index is 165. The Balaban J connectivity index is 1.76. The van der Waals surface area contributed by atoms with Gasteiger partial charge in [0, 0.05) is 19.6 Å². The first-order valence-electron chi connectivity index (χ1n) is 5.57. The van der Waals surface area contributed by atoms with Crippen LogP contribution in [0.25, 0.3) is 0 Å². The summed E-state index contributed by atoms with van der Waals surface area (Å²) in [5.74, 6) is 0.802. The molecule has 0 bridgehead atoms. The number of ether oxygens (including phenoxy) is 1. The first kappa shape index (κ1) is 9.47. The Hall–Kier alpha value is -0.0800. The van der Waals surface area contributed by atoms with Crippen molar-refractivity contribution in [2.75, 3.05) is 26.2 Å². The molecule has 0 N–H and O–H groups in total. The number of hydrogen-bond donors (Lipinski definition) is 0. The topological polar surface area (TPSA) is 12.5 Å². The van der Waals surface area contributed by atoms with Crippen LogP contribution >= 0.6 is 0 Å². The number of hydrogen-bond acceptors (Lipinski definition) is 2. The van der Waals surface area contributed by atoms with Crippen molar-refractivity contribution >= 4 is 0 Å². The molecular weight excluding hydrogens is 162 g/mol. The molecular formula is C11H21NO. The molecule has 2 rings (SSSR count). The third-order valence-electron chi connectivity index (χ3n) is 3.36. The van der Waals surface area contributed by atoms with Crippen LogP contribution in [0.2, 0.25) is 0 Å². The summed E-state index contributed by atoms with van der Waals surface area (Å²) in [6, 6.07) is 0. The normalized spacial score (nSPS) is 27.9. The van der Waals surface area contributed by atoms with Gasteiger partial charge in [0.05, 0.1) is 12.2 Å². The van der Waals surface area contributed by atoms with E-state index in [0.717, 1.165) is 12.5 Å². The third-order valence-corrected chi connectivity index (χ3v) is 3.36. The molecule has 2 aliphatic rings. The number of rotatable bonds is 2. The van der Waals surface area contributed by atoms with E-state index < -0.39 is 0 Å². The van der Waals surface area contributed by atoms with Crippen LogP contribution in [0.3, 0.4) is 0 Å². The molecule has 13 heavy (non-hydrogen) atoms. The lowest BCUT2D eigenvalue weighted by atomic mass is 9.84.